The second-order valence-electron chi connectivity index (χ2n) is 6.58. The quantitative estimate of drug-likeness (QED) is 0.239. The molecule has 32 heavy (non-hydrogen) atoms. The average Bonchev–Trinajstić information content (AvgIpc) is 3.17. The Morgan fingerprint density at radius 1 is 1.09 bits per heavy atom. The zero-order chi connectivity index (χ0) is 22.7. The van der Waals surface area contributed by atoms with Crippen LogP contribution in [0.2, 0.25) is 0 Å². The van der Waals surface area contributed by atoms with E-state index in [4.69, 9.17) is 4.42 Å². The molecule has 9 nitrogen and oxygen atoms in total. The smallest absolute Gasteiger partial charge is 0.347 e. The number of hydrogen-bond acceptors (Lipinski definition) is 9. The first kappa shape index (κ1) is 21.4. The minimum atomic E-state index is -3.80. The van der Waals surface area contributed by atoms with Crippen LogP contribution >= 0.6 is 11.3 Å². The standard InChI is InChI=1S/C21H16N4O5S2/c1-13-23-24-21(31-13)25-32(28,29)16-8-6-15(7-9-16)22-11-10-18(26)17-12-14-4-2-3-5-19(14)30-20(17)27/h2-12,22H,1H3,(H,24,25)/b11-10-. The number of hydrogen-bond donors (Lipinski definition) is 2. The molecule has 4 rings (SSSR count). The van der Waals surface area contributed by atoms with Crippen LogP contribution in [0.4, 0.5) is 10.8 Å². The molecular formula is C21H16N4O5S2. The highest BCUT2D eigenvalue weighted by Crippen LogP contribution is 2.20. The van der Waals surface area contributed by atoms with Crippen molar-refractivity contribution in [3.63, 3.8) is 0 Å². The van der Waals surface area contributed by atoms with Gasteiger partial charge in [-0.2, -0.15) is 0 Å². The Balaban J connectivity index is 1.43. The summed E-state index contributed by atoms with van der Waals surface area (Å²) in [6.07, 6.45) is 2.56. The summed E-state index contributed by atoms with van der Waals surface area (Å²) in [6, 6.07) is 14.3. The van der Waals surface area contributed by atoms with Crippen LogP contribution in [0, 0.1) is 6.92 Å². The summed E-state index contributed by atoms with van der Waals surface area (Å²) in [7, 11) is -3.80. The molecule has 2 aromatic carbocycles. The Labute approximate surface area is 186 Å². The Hall–Kier alpha value is -3.83. The van der Waals surface area contributed by atoms with Gasteiger partial charge in [0.15, 0.2) is 5.78 Å². The lowest BCUT2D eigenvalue weighted by atomic mass is 10.1. The van der Waals surface area contributed by atoms with Crippen molar-refractivity contribution in [3.8, 4) is 0 Å². The highest BCUT2D eigenvalue weighted by molar-refractivity contribution is 7.93. The zero-order valence-corrected chi connectivity index (χ0v) is 18.2. The molecule has 4 aromatic rings. The van der Waals surface area contributed by atoms with Crippen LogP contribution < -0.4 is 15.7 Å². The highest BCUT2D eigenvalue weighted by atomic mass is 32.2. The number of sulfonamides is 1. The Morgan fingerprint density at radius 2 is 1.84 bits per heavy atom. The summed E-state index contributed by atoms with van der Waals surface area (Å²) in [5.74, 6) is -0.521. The number of aryl methyl sites for hydroxylation is 1. The van der Waals surface area contributed by atoms with Crippen LogP contribution in [0.25, 0.3) is 11.0 Å². The number of allylic oxidation sites excluding steroid dienone is 1. The fourth-order valence-corrected chi connectivity index (χ4v) is 4.60. The first-order valence-electron chi connectivity index (χ1n) is 9.25. The monoisotopic (exact) mass is 468 g/mol. The summed E-state index contributed by atoms with van der Waals surface area (Å²) in [6.45, 7) is 1.72. The van der Waals surface area contributed by atoms with Crippen LogP contribution in [-0.2, 0) is 10.0 Å². The van der Waals surface area contributed by atoms with Crippen molar-refractivity contribution in [1.29, 1.82) is 0 Å². The number of fused-ring (bicyclic) bond motifs is 1. The second-order valence-corrected chi connectivity index (χ2v) is 9.45. The molecule has 0 saturated heterocycles. The van der Waals surface area contributed by atoms with Crippen molar-refractivity contribution in [2.45, 2.75) is 11.8 Å². The first-order valence-corrected chi connectivity index (χ1v) is 11.5. The van der Waals surface area contributed by atoms with Gasteiger partial charge in [0.05, 0.1) is 4.90 Å². The van der Waals surface area contributed by atoms with Gasteiger partial charge in [-0.25, -0.2) is 13.2 Å². The average molecular weight is 469 g/mol. The van der Waals surface area contributed by atoms with Crippen molar-refractivity contribution in [3.05, 3.63) is 87.9 Å². The molecule has 0 unspecified atom stereocenters. The van der Waals surface area contributed by atoms with Crippen LogP contribution in [0.5, 0.6) is 0 Å². The normalized spacial score (nSPS) is 11.7. The number of carbonyl (C=O) groups is 1. The van der Waals surface area contributed by atoms with Crippen LogP contribution in [0.3, 0.4) is 0 Å². The molecule has 0 aliphatic heterocycles. The second kappa shape index (κ2) is 8.73. The third kappa shape index (κ3) is 4.74. The lowest BCUT2D eigenvalue weighted by molar-refractivity contribution is 0.104. The van der Waals surface area contributed by atoms with Gasteiger partial charge in [0.1, 0.15) is 16.2 Å². The Bertz CT molecular complexity index is 1490. The Kier molecular flexibility index (Phi) is 5.84. The van der Waals surface area contributed by atoms with Crippen LogP contribution in [0.1, 0.15) is 15.4 Å². The maximum Gasteiger partial charge on any atom is 0.347 e. The molecule has 2 N–H and O–H groups in total. The fourth-order valence-electron chi connectivity index (χ4n) is 2.78. The van der Waals surface area contributed by atoms with Gasteiger partial charge in [-0.3, -0.25) is 9.52 Å². The zero-order valence-electron chi connectivity index (χ0n) is 16.6. The van der Waals surface area contributed by atoms with Gasteiger partial charge < -0.3 is 9.73 Å². The van der Waals surface area contributed by atoms with Crippen molar-refractivity contribution in [2.24, 2.45) is 0 Å². The third-order valence-corrected chi connectivity index (χ3v) is 6.54. The van der Waals surface area contributed by atoms with E-state index in [2.05, 4.69) is 20.2 Å². The van der Waals surface area contributed by atoms with E-state index in [0.29, 0.717) is 21.7 Å². The Morgan fingerprint density at radius 3 is 2.56 bits per heavy atom. The predicted octanol–water partition coefficient (Wildman–Crippen LogP) is 3.56. The highest BCUT2D eigenvalue weighted by Gasteiger charge is 2.16. The van der Waals surface area contributed by atoms with E-state index in [1.807, 2.05) is 0 Å². The van der Waals surface area contributed by atoms with Gasteiger partial charge in [0, 0.05) is 23.3 Å². The molecule has 0 atom stereocenters. The largest absolute Gasteiger partial charge is 0.422 e. The molecule has 0 aliphatic carbocycles. The molecule has 0 bridgehead atoms. The number of aromatic nitrogens is 2. The molecule has 0 radical (unpaired) electrons. The maximum absolute atomic E-state index is 12.4. The number of nitrogens with zero attached hydrogens (tertiary/aromatic N) is 2. The van der Waals surface area contributed by atoms with Gasteiger partial charge in [0.2, 0.25) is 5.13 Å². The first-order chi connectivity index (χ1) is 15.3. The molecule has 11 heteroatoms. The number of nitrogens with one attached hydrogen (secondary N) is 2. The van der Waals surface area contributed by atoms with E-state index in [9.17, 15) is 18.0 Å². The molecule has 0 fully saturated rings. The van der Waals surface area contributed by atoms with Crippen molar-refractivity contribution >= 4 is 48.9 Å². The molecule has 0 amide bonds. The molecular weight excluding hydrogens is 452 g/mol. The van der Waals surface area contributed by atoms with Crippen LogP contribution in [0.15, 0.2) is 81.0 Å². The number of carbonyl (C=O) groups excluding carboxylic acids is 1. The van der Waals surface area contributed by atoms with E-state index < -0.39 is 21.4 Å². The van der Waals surface area contributed by atoms with Crippen LogP contribution in [-0.4, -0.2) is 24.4 Å². The van der Waals surface area contributed by atoms with Gasteiger partial charge >= 0.3 is 5.63 Å². The van der Waals surface area contributed by atoms with Gasteiger partial charge in [-0.05, 0) is 43.3 Å². The predicted molar refractivity (Wildman–Crippen MR) is 121 cm³/mol. The summed E-state index contributed by atoms with van der Waals surface area (Å²) in [4.78, 5) is 24.5. The molecule has 2 heterocycles. The van der Waals surface area contributed by atoms with E-state index in [-0.39, 0.29) is 15.6 Å². The SMILES string of the molecule is Cc1nnc(NS(=O)(=O)c2ccc(N/C=C\C(=O)c3cc4ccccc4oc3=O)cc2)s1. The van der Waals surface area contributed by atoms with Crippen molar-refractivity contribution in [2.75, 3.05) is 10.0 Å². The number of anilines is 2. The number of rotatable bonds is 7. The van der Waals surface area contributed by atoms with Gasteiger partial charge in [0.25, 0.3) is 10.0 Å². The molecule has 0 aliphatic rings. The van der Waals surface area contributed by atoms with E-state index >= 15 is 0 Å². The van der Waals surface area contributed by atoms with Crippen molar-refractivity contribution in [1.82, 2.24) is 10.2 Å². The van der Waals surface area contributed by atoms with Gasteiger partial charge in [-0.1, -0.05) is 29.5 Å². The van der Waals surface area contributed by atoms with Crippen molar-refractivity contribution < 1.29 is 17.6 Å². The summed E-state index contributed by atoms with van der Waals surface area (Å²) >= 11 is 1.13. The maximum atomic E-state index is 12.4. The minimum Gasteiger partial charge on any atom is -0.422 e. The topological polar surface area (TPSA) is 131 Å². The molecule has 2 aromatic heterocycles. The molecule has 162 valence electrons. The third-order valence-electron chi connectivity index (χ3n) is 4.30. The minimum absolute atomic E-state index is 0.0460. The fraction of sp³-hybridized carbons (Fsp3) is 0.0476. The van der Waals surface area contributed by atoms with Gasteiger partial charge in [-0.15, -0.1) is 10.2 Å². The number of para-hydroxylation sites is 1. The van der Waals surface area contributed by atoms with E-state index in [1.165, 1.54) is 30.5 Å². The number of ketones is 1. The summed E-state index contributed by atoms with van der Waals surface area (Å²) in [5, 5.41) is 11.9. The molecule has 0 saturated carbocycles. The lowest BCUT2D eigenvalue weighted by Gasteiger charge is -2.06. The molecule has 0 spiro atoms. The lowest BCUT2D eigenvalue weighted by Crippen LogP contribution is -2.13. The van der Waals surface area contributed by atoms with E-state index in [0.717, 1.165) is 11.3 Å². The number of benzene rings is 2. The summed E-state index contributed by atoms with van der Waals surface area (Å²) in [5.41, 5.74) is 0.152. The summed E-state index contributed by atoms with van der Waals surface area (Å²) < 4.78 is 32.4. The van der Waals surface area contributed by atoms with E-state index in [1.54, 1.807) is 43.3 Å².